The van der Waals surface area contributed by atoms with Crippen molar-refractivity contribution in [1.82, 2.24) is 4.98 Å². The van der Waals surface area contributed by atoms with E-state index in [9.17, 15) is 9.18 Å². The van der Waals surface area contributed by atoms with Crippen LogP contribution in [0.5, 0.6) is 0 Å². The Bertz CT molecular complexity index is 930. The zero-order valence-corrected chi connectivity index (χ0v) is 17.2. The van der Waals surface area contributed by atoms with E-state index in [1.165, 1.54) is 12.1 Å². The quantitative estimate of drug-likeness (QED) is 0.587. The summed E-state index contributed by atoms with van der Waals surface area (Å²) in [5.74, 6) is 1.29. The first-order chi connectivity index (χ1) is 13.7. The molecule has 0 aliphatic heterocycles. The van der Waals surface area contributed by atoms with E-state index in [1.54, 1.807) is 29.5 Å². The highest BCUT2D eigenvalue weighted by molar-refractivity contribution is 5.96. The Morgan fingerprint density at radius 1 is 1.07 bits per heavy atom. The van der Waals surface area contributed by atoms with Crippen LogP contribution in [0, 0.1) is 11.2 Å². The van der Waals surface area contributed by atoms with Gasteiger partial charge in [0.1, 0.15) is 17.4 Å². The monoisotopic (exact) mass is 395 g/mol. The van der Waals surface area contributed by atoms with Gasteiger partial charge in [-0.3, -0.25) is 4.79 Å². The SMILES string of the molecule is CN(Cc1ccco1)c1ccc(CN(C(=O)C(C)(C)C)c2ccc(F)cc2)cn1. The summed E-state index contributed by atoms with van der Waals surface area (Å²) in [6, 6.07) is 13.6. The van der Waals surface area contributed by atoms with Crippen molar-refractivity contribution in [2.75, 3.05) is 16.8 Å². The van der Waals surface area contributed by atoms with Crippen LogP contribution in [0.2, 0.25) is 0 Å². The molecule has 29 heavy (non-hydrogen) atoms. The molecule has 5 nitrogen and oxygen atoms in total. The minimum absolute atomic E-state index is 0.0388. The molecule has 0 aliphatic carbocycles. The highest BCUT2D eigenvalue weighted by atomic mass is 19.1. The van der Waals surface area contributed by atoms with Gasteiger partial charge in [0.2, 0.25) is 5.91 Å². The summed E-state index contributed by atoms with van der Waals surface area (Å²) in [7, 11) is 1.94. The topological polar surface area (TPSA) is 49.6 Å². The number of carbonyl (C=O) groups excluding carboxylic acids is 1. The Morgan fingerprint density at radius 2 is 1.79 bits per heavy atom. The number of rotatable bonds is 6. The predicted molar refractivity (Wildman–Crippen MR) is 112 cm³/mol. The number of nitrogens with zero attached hydrogens (tertiary/aromatic N) is 3. The van der Waals surface area contributed by atoms with Crippen LogP contribution in [0.1, 0.15) is 32.1 Å². The summed E-state index contributed by atoms with van der Waals surface area (Å²) in [5.41, 5.74) is 0.984. The molecular formula is C23H26FN3O2. The molecule has 0 atom stereocenters. The van der Waals surface area contributed by atoms with Crippen molar-refractivity contribution in [3.63, 3.8) is 0 Å². The number of anilines is 2. The molecule has 0 radical (unpaired) electrons. The van der Waals surface area contributed by atoms with E-state index < -0.39 is 5.41 Å². The molecule has 0 spiro atoms. The number of hydrogen-bond acceptors (Lipinski definition) is 4. The fourth-order valence-electron chi connectivity index (χ4n) is 2.94. The lowest BCUT2D eigenvalue weighted by molar-refractivity contribution is -0.125. The third-order valence-electron chi connectivity index (χ3n) is 4.54. The molecule has 0 N–H and O–H groups in total. The Balaban J connectivity index is 1.78. The van der Waals surface area contributed by atoms with Crippen LogP contribution < -0.4 is 9.80 Å². The van der Waals surface area contributed by atoms with Gasteiger partial charge in [0.05, 0.1) is 19.4 Å². The third kappa shape index (κ3) is 5.22. The molecular weight excluding hydrogens is 369 g/mol. The Labute approximate surface area is 170 Å². The molecule has 0 saturated carbocycles. The predicted octanol–water partition coefficient (Wildman–Crippen LogP) is 5.03. The number of halogens is 1. The molecule has 152 valence electrons. The van der Waals surface area contributed by atoms with Gasteiger partial charge < -0.3 is 14.2 Å². The first kappa shape index (κ1) is 20.6. The van der Waals surface area contributed by atoms with Crippen LogP contribution in [0.15, 0.2) is 65.4 Å². The van der Waals surface area contributed by atoms with Gasteiger partial charge in [-0.25, -0.2) is 9.37 Å². The molecule has 3 rings (SSSR count). The zero-order chi connectivity index (χ0) is 21.0. The molecule has 0 unspecified atom stereocenters. The lowest BCUT2D eigenvalue weighted by atomic mass is 9.94. The summed E-state index contributed by atoms with van der Waals surface area (Å²) >= 11 is 0. The summed E-state index contributed by atoms with van der Waals surface area (Å²) in [6.45, 7) is 6.59. The zero-order valence-electron chi connectivity index (χ0n) is 17.2. The van der Waals surface area contributed by atoms with Gasteiger partial charge in [0.25, 0.3) is 0 Å². The summed E-state index contributed by atoms with van der Waals surface area (Å²) in [6.07, 6.45) is 3.41. The molecule has 0 saturated heterocycles. The summed E-state index contributed by atoms with van der Waals surface area (Å²) in [5, 5.41) is 0. The molecule has 2 heterocycles. The van der Waals surface area contributed by atoms with Gasteiger partial charge in [0, 0.05) is 24.3 Å². The normalized spacial score (nSPS) is 11.3. The second-order valence-corrected chi connectivity index (χ2v) is 8.08. The van der Waals surface area contributed by atoms with E-state index in [1.807, 2.05) is 57.0 Å². The van der Waals surface area contributed by atoms with Gasteiger partial charge >= 0.3 is 0 Å². The van der Waals surface area contributed by atoms with E-state index >= 15 is 0 Å². The summed E-state index contributed by atoms with van der Waals surface area (Å²) in [4.78, 5) is 21.2. The maximum Gasteiger partial charge on any atom is 0.232 e. The van der Waals surface area contributed by atoms with Crippen LogP contribution >= 0.6 is 0 Å². The van der Waals surface area contributed by atoms with Crippen molar-refractivity contribution < 1.29 is 13.6 Å². The van der Waals surface area contributed by atoms with Crippen molar-refractivity contribution in [2.24, 2.45) is 5.41 Å². The fraction of sp³-hybridized carbons (Fsp3) is 0.304. The highest BCUT2D eigenvalue weighted by Crippen LogP contribution is 2.26. The van der Waals surface area contributed by atoms with Crippen LogP contribution in [0.4, 0.5) is 15.9 Å². The Kier molecular flexibility index (Phi) is 6.01. The second kappa shape index (κ2) is 8.47. The Hall–Kier alpha value is -3.15. The minimum atomic E-state index is -0.564. The molecule has 2 aromatic heterocycles. The van der Waals surface area contributed by atoms with E-state index in [0.717, 1.165) is 17.1 Å². The first-order valence-corrected chi connectivity index (χ1v) is 9.50. The third-order valence-corrected chi connectivity index (χ3v) is 4.54. The average Bonchev–Trinajstić information content (AvgIpc) is 3.19. The Morgan fingerprint density at radius 3 is 2.34 bits per heavy atom. The van der Waals surface area contributed by atoms with E-state index in [0.29, 0.717) is 18.8 Å². The maximum absolute atomic E-state index is 13.3. The van der Waals surface area contributed by atoms with Crippen LogP contribution in [-0.2, 0) is 17.9 Å². The van der Waals surface area contributed by atoms with Gasteiger partial charge in [-0.2, -0.15) is 0 Å². The molecule has 0 aliphatic rings. The standard InChI is InChI=1S/C23H26FN3O2/c1-23(2,3)22(28)27(19-10-8-18(24)9-11-19)15-17-7-12-21(25-14-17)26(4)16-20-6-5-13-29-20/h5-14H,15-16H2,1-4H3. The van der Waals surface area contributed by atoms with Crippen molar-refractivity contribution in [2.45, 2.75) is 33.9 Å². The van der Waals surface area contributed by atoms with Crippen molar-refractivity contribution >= 4 is 17.4 Å². The smallest absolute Gasteiger partial charge is 0.232 e. The van der Waals surface area contributed by atoms with Crippen molar-refractivity contribution in [1.29, 1.82) is 0 Å². The molecule has 6 heteroatoms. The van der Waals surface area contributed by atoms with Crippen LogP contribution in [-0.4, -0.2) is 17.9 Å². The number of benzene rings is 1. The largest absolute Gasteiger partial charge is 0.467 e. The number of aromatic nitrogens is 1. The average molecular weight is 395 g/mol. The van der Waals surface area contributed by atoms with Crippen molar-refractivity contribution in [3.8, 4) is 0 Å². The van der Waals surface area contributed by atoms with Gasteiger partial charge in [-0.05, 0) is 48.0 Å². The maximum atomic E-state index is 13.3. The second-order valence-electron chi connectivity index (χ2n) is 8.08. The summed E-state index contributed by atoms with van der Waals surface area (Å²) < 4.78 is 18.7. The van der Waals surface area contributed by atoms with Gasteiger partial charge in [-0.1, -0.05) is 26.8 Å². The van der Waals surface area contributed by atoms with Gasteiger partial charge in [0.15, 0.2) is 0 Å². The fourth-order valence-corrected chi connectivity index (χ4v) is 2.94. The van der Waals surface area contributed by atoms with Crippen LogP contribution in [0.3, 0.4) is 0 Å². The van der Waals surface area contributed by atoms with E-state index in [-0.39, 0.29) is 11.7 Å². The molecule has 3 aromatic rings. The van der Waals surface area contributed by atoms with Crippen LogP contribution in [0.25, 0.3) is 0 Å². The number of hydrogen-bond donors (Lipinski definition) is 0. The van der Waals surface area contributed by atoms with Gasteiger partial charge in [-0.15, -0.1) is 0 Å². The lowest BCUT2D eigenvalue weighted by Gasteiger charge is -2.30. The first-order valence-electron chi connectivity index (χ1n) is 9.50. The highest BCUT2D eigenvalue weighted by Gasteiger charge is 2.28. The van der Waals surface area contributed by atoms with E-state index in [2.05, 4.69) is 4.98 Å². The lowest BCUT2D eigenvalue weighted by Crippen LogP contribution is -2.39. The molecule has 0 fully saturated rings. The van der Waals surface area contributed by atoms with Crippen molar-refractivity contribution in [3.05, 3.63) is 78.1 Å². The number of amides is 1. The number of carbonyl (C=O) groups is 1. The molecule has 1 amide bonds. The molecule has 1 aromatic carbocycles. The number of pyridine rings is 1. The number of furan rings is 1. The molecule has 0 bridgehead atoms. The minimum Gasteiger partial charge on any atom is -0.467 e. The van der Waals surface area contributed by atoms with E-state index in [4.69, 9.17) is 4.42 Å².